The summed E-state index contributed by atoms with van der Waals surface area (Å²) >= 11 is 0. The Morgan fingerprint density at radius 3 is 2.42 bits per heavy atom. The van der Waals surface area contributed by atoms with Gasteiger partial charge in [-0.1, -0.05) is 43.2 Å². The van der Waals surface area contributed by atoms with Crippen molar-refractivity contribution in [2.75, 3.05) is 20.1 Å². The zero-order valence-electron chi connectivity index (χ0n) is 22.8. The van der Waals surface area contributed by atoms with Crippen LogP contribution in [-0.2, 0) is 4.79 Å². The van der Waals surface area contributed by atoms with Gasteiger partial charge >= 0.3 is 0 Å². The zero-order valence-corrected chi connectivity index (χ0v) is 22.8. The van der Waals surface area contributed by atoms with Gasteiger partial charge in [0.1, 0.15) is 23.6 Å². The molecule has 2 unspecified atom stereocenters. The molecule has 38 heavy (non-hydrogen) atoms. The van der Waals surface area contributed by atoms with E-state index >= 15 is 0 Å². The Bertz CT molecular complexity index is 1260. The van der Waals surface area contributed by atoms with Crippen LogP contribution in [-0.4, -0.2) is 54.0 Å². The molecule has 1 aliphatic carbocycles. The first-order valence-corrected chi connectivity index (χ1v) is 14.0. The van der Waals surface area contributed by atoms with E-state index in [4.69, 9.17) is 4.74 Å². The first kappa shape index (κ1) is 26.3. The lowest BCUT2D eigenvalue weighted by Crippen LogP contribution is -2.47. The molecule has 0 spiro atoms. The maximum Gasteiger partial charge on any atom is 0.268 e. The van der Waals surface area contributed by atoms with Crippen molar-refractivity contribution in [3.8, 4) is 5.75 Å². The zero-order chi connectivity index (χ0) is 26.6. The van der Waals surface area contributed by atoms with E-state index in [1.54, 1.807) is 0 Å². The summed E-state index contributed by atoms with van der Waals surface area (Å²) < 4.78 is 6.17. The minimum atomic E-state index is -0.580. The lowest BCUT2D eigenvalue weighted by Gasteiger charge is -2.29. The number of piperidine rings is 1. The van der Waals surface area contributed by atoms with Crippen molar-refractivity contribution in [2.45, 2.75) is 70.6 Å². The normalized spacial score (nSPS) is 18.2. The van der Waals surface area contributed by atoms with Crippen molar-refractivity contribution in [1.82, 2.24) is 20.5 Å². The molecule has 2 atom stereocenters. The van der Waals surface area contributed by atoms with Crippen molar-refractivity contribution in [1.29, 1.82) is 0 Å². The molecule has 5 rings (SSSR count). The highest BCUT2D eigenvalue weighted by atomic mass is 16.5. The third-order valence-corrected chi connectivity index (χ3v) is 8.08. The average molecular weight is 517 g/mol. The lowest BCUT2D eigenvalue weighted by atomic mass is 10.0. The van der Waals surface area contributed by atoms with E-state index in [-0.39, 0.29) is 24.0 Å². The number of hydrogen-bond donors (Lipinski definition) is 3. The molecule has 2 amide bonds. The van der Waals surface area contributed by atoms with Crippen LogP contribution < -0.4 is 15.4 Å². The molecule has 7 heteroatoms. The standard InChI is InChI=1S/C31H40N4O3/c1-20-26-6-4-5-7-27(26)33-29(20)31(37)34-28(15-10-22-8-9-22)30(36)32-21(2)23-11-13-24(14-12-23)38-25-16-18-35(3)19-17-25/h4-7,11-14,21-22,25,28,33H,8-10,15-19H2,1-3H3,(H,32,36)(H,34,37). The highest BCUT2D eigenvalue weighted by Crippen LogP contribution is 2.34. The van der Waals surface area contributed by atoms with Gasteiger partial charge in [-0.2, -0.15) is 0 Å². The molecule has 7 nitrogen and oxygen atoms in total. The summed E-state index contributed by atoms with van der Waals surface area (Å²) in [6, 6.07) is 15.1. The molecule has 2 aliphatic rings. The fourth-order valence-corrected chi connectivity index (χ4v) is 5.34. The van der Waals surface area contributed by atoms with E-state index in [9.17, 15) is 9.59 Å². The van der Waals surface area contributed by atoms with Crippen LogP contribution in [0.3, 0.4) is 0 Å². The molecule has 1 aliphatic heterocycles. The number of amides is 2. The number of benzene rings is 2. The molecule has 3 N–H and O–H groups in total. The summed E-state index contributed by atoms with van der Waals surface area (Å²) in [6.07, 6.45) is 6.34. The minimum Gasteiger partial charge on any atom is -0.490 e. The molecule has 2 fully saturated rings. The van der Waals surface area contributed by atoms with Crippen molar-refractivity contribution in [3.05, 3.63) is 65.4 Å². The summed E-state index contributed by atoms with van der Waals surface area (Å²) in [5, 5.41) is 7.18. The third kappa shape index (κ3) is 6.38. The van der Waals surface area contributed by atoms with Gasteiger partial charge < -0.3 is 25.3 Å². The second kappa shape index (κ2) is 11.6. The molecular weight excluding hydrogens is 476 g/mol. The van der Waals surface area contributed by atoms with Crippen molar-refractivity contribution in [2.24, 2.45) is 5.92 Å². The number of ether oxygens (including phenoxy) is 1. The fraction of sp³-hybridized carbons (Fsp3) is 0.484. The molecule has 2 heterocycles. The van der Waals surface area contributed by atoms with E-state index in [0.717, 1.165) is 60.1 Å². The van der Waals surface area contributed by atoms with E-state index < -0.39 is 6.04 Å². The van der Waals surface area contributed by atoms with Crippen LogP contribution in [0.4, 0.5) is 0 Å². The predicted octanol–water partition coefficient (Wildman–Crippen LogP) is 5.12. The van der Waals surface area contributed by atoms with Gasteiger partial charge in [-0.05, 0) is 81.8 Å². The SMILES string of the molecule is Cc1c(C(=O)NC(CCC2CC2)C(=O)NC(C)c2ccc(OC3CCN(C)CC3)cc2)[nH]c2ccccc12. The number of fused-ring (bicyclic) bond motifs is 1. The van der Waals surface area contributed by atoms with Gasteiger partial charge in [0.25, 0.3) is 5.91 Å². The van der Waals surface area contributed by atoms with Gasteiger partial charge in [-0.3, -0.25) is 9.59 Å². The summed E-state index contributed by atoms with van der Waals surface area (Å²) in [5.41, 5.74) is 3.35. The summed E-state index contributed by atoms with van der Waals surface area (Å²) in [7, 11) is 2.14. The number of carbonyl (C=O) groups excluding carboxylic acids is 2. The number of nitrogens with one attached hydrogen (secondary N) is 3. The van der Waals surface area contributed by atoms with Gasteiger partial charge in [-0.25, -0.2) is 0 Å². The molecule has 1 saturated carbocycles. The number of aromatic amines is 1. The number of para-hydroxylation sites is 1. The Kier molecular flexibility index (Phi) is 8.03. The van der Waals surface area contributed by atoms with E-state index in [2.05, 4.69) is 27.6 Å². The van der Waals surface area contributed by atoms with Gasteiger partial charge in [0.2, 0.25) is 5.91 Å². The van der Waals surface area contributed by atoms with Gasteiger partial charge in [0.05, 0.1) is 6.04 Å². The van der Waals surface area contributed by atoms with Crippen LogP contribution >= 0.6 is 0 Å². The van der Waals surface area contributed by atoms with Crippen LogP contribution in [0.1, 0.15) is 73.1 Å². The lowest BCUT2D eigenvalue weighted by molar-refractivity contribution is -0.123. The molecular formula is C31H40N4O3. The molecule has 0 bridgehead atoms. The number of hydrogen-bond acceptors (Lipinski definition) is 4. The quantitative estimate of drug-likeness (QED) is 0.349. The van der Waals surface area contributed by atoms with Crippen LogP contribution in [0.2, 0.25) is 0 Å². The Balaban J connectivity index is 1.21. The number of aromatic nitrogens is 1. The molecule has 0 radical (unpaired) electrons. The number of aryl methyl sites for hydroxylation is 1. The molecule has 2 aromatic carbocycles. The summed E-state index contributed by atoms with van der Waals surface area (Å²) in [4.78, 5) is 32.2. The van der Waals surface area contributed by atoms with Crippen LogP contribution in [0.15, 0.2) is 48.5 Å². The van der Waals surface area contributed by atoms with Crippen molar-refractivity contribution < 1.29 is 14.3 Å². The first-order chi connectivity index (χ1) is 18.4. The number of H-pyrrole nitrogens is 1. The van der Waals surface area contributed by atoms with E-state index in [1.807, 2.05) is 62.4 Å². The van der Waals surface area contributed by atoms with Crippen LogP contribution in [0.5, 0.6) is 5.75 Å². The second-order valence-corrected chi connectivity index (χ2v) is 11.1. The average Bonchev–Trinajstić information content (AvgIpc) is 3.69. The maximum atomic E-state index is 13.4. The number of carbonyl (C=O) groups is 2. The smallest absolute Gasteiger partial charge is 0.268 e. The minimum absolute atomic E-state index is 0.146. The molecule has 3 aromatic rings. The highest BCUT2D eigenvalue weighted by molar-refractivity contribution is 6.02. The third-order valence-electron chi connectivity index (χ3n) is 8.08. The number of nitrogens with zero attached hydrogens (tertiary/aromatic N) is 1. The monoisotopic (exact) mass is 516 g/mol. The van der Waals surface area contributed by atoms with Gasteiger partial charge in [-0.15, -0.1) is 0 Å². The Morgan fingerprint density at radius 2 is 1.74 bits per heavy atom. The first-order valence-electron chi connectivity index (χ1n) is 14.0. The number of likely N-dealkylation sites (tertiary alicyclic amines) is 1. The summed E-state index contributed by atoms with van der Waals surface area (Å²) in [5.74, 6) is 1.15. The molecule has 1 saturated heterocycles. The Morgan fingerprint density at radius 1 is 1.03 bits per heavy atom. The second-order valence-electron chi connectivity index (χ2n) is 11.1. The van der Waals surface area contributed by atoms with Crippen molar-refractivity contribution >= 4 is 22.7 Å². The van der Waals surface area contributed by atoms with E-state index in [1.165, 1.54) is 12.8 Å². The maximum absolute atomic E-state index is 13.4. The van der Waals surface area contributed by atoms with Crippen molar-refractivity contribution in [3.63, 3.8) is 0 Å². The Labute approximate surface area is 225 Å². The van der Waals surface area contributed by atoms with Gasteiger partial charge in [0, 0.05) is 24.0 Å². The fourth-order valence-electron chi connectivity index (χ4n) is 5.34. The van der Waals surface area contributed by atoms with Crippen LogP contribution in [0, 0.1) is 12.8 Å². The molecule has 202 valence electrons. The highest BCUT2D eigenvalue weighted by Gasteiger charge is 2.28. The topological polar surface area (TPSA) is 86.5 Å². The van der Waals surface area contributed by atoms with Gasteiger partial charge in [0.15, 0.2) is 0 Å². The predicted molar refractivity (Wildman–Crippen MR) is 150 cm³/mol. The summed E-state index contributed by atoms with van der Waals surface area (Å²) in [6.45, 7) is 6.04. The van der Waals surface area contributed by atoms with E-state index in [0.29, 0.717) is 18.0 Å². The van der Waals surface area contributed by atoms with Crippen LogP contribution in [0.25, 0.3) is 10.9 Å². The number of rotatable bonds is 10. The largest absolute Gasteiger partial charge is 0.490 e. The molecule has 1 aromatic heterocycles. The Hall–Kier alpha value is -3.32.